The number of carbonyl (C=O) groups is 7. The molecular formula is C51H75BN8O10. The summed E-state index contributed by atoms with van der Waals surface area (Å²) >= 11 is 0. The first-order chi connectivity index (χ1) is 33.3. The Labute approximate surface area is 412 Å². The number of aliphatic hydroxyl groups is 1. The van der Waals surface area contributed by atoms with Gasteiger partial charge in [0, 0.05) is 25.1 Å². The van der Waals surface area contributed by atoms with Gasteiger partial charge >= 0.3 is 7.12 Å². The summed E-state index contributed by atoms with van der Waals surface area (Å²) in [5.41, 5.74) is 14.6. The molecular weight excluding hydrogens is 895 g/mol. The third-order valence-electron chi connectivity index (χ3n) is 15.2. The first-order valence-electron chi connectivity index (χ1n) is 25.3. The number of nitrogens with two attached hydrogens (primary N) is 2. The summed E-state index contributed by atoms with van der Waals surface area (Å²) in [5.74, 6) is -4.34. The predicted molar refractivity (Wildman–Crippen MR) is 264 cm³/mol. The van der Waals surface area contributed by atoms with E-state index in [1.807, 2.05) is 12.1 Å². The van der Waals surface area contributed by atoms with Crippen LogP contribution in [0.2, 0.25) is 0 Å². The summed E-state index contributed by atoms with van der Waals surface area (Å²) in [6.07, 6.45) is 5.48. The molecule has 2 heterocycles. The van der Waals surface area contributed by atoms with Crippen molar-refractivity contribution in [2.75, 3.05) is 19.6 Å². The van der Waals surface area contributed by atoms with Gasteiger partial charge in [-0.25, -0.2) is 0 Å². The highest BCUT2D eigenvalue weighted by molar-refractivity contribution is 6.48. The molecule has 5 aliphatic rings. The van der Waals surface area contributed by atoms with Crippen LogP contribution in [-0.2, 0) is 44.5 Å². The first kappa shape index (κ1) is 54.0. The van der Waals surface area contributed by atoms with Crippen LogP contribution in [0, 0.1) is 17.3 Å². The standard InChI is InChI=1S/C51H75BN8O10/c1-7-8-12-32-15-17-33(18-16-32)34-19-21-35(22-20-34)46(65)55-25-23-43(63)57-37(13-9-10-24-53)47(66)59-44(31(3)61)48(67)56-30(2)45(64)58-38(29-42(54)62)49(68)60-26-11-14-41(60)52-69-40-28-36-27-39(50(36,4)5)51(40,6)70-52/h15-22,30-31,36-41,44,61H,7-14,23-29,53H2,1-6H3,(H2,54,62)(H,55,65)(H,56,67)(H,57,63)(H,58,64)(H,59,66)/t30-,31?,36-,37-,38-,39-,40?,41-,44-,51-/m0/s1. The number of carbonyl (C=O) groups excluding carboxylic acids is 7. The topological polar surface area (TPSA) is 274 Å². The number of aliphatic hydroxyl groups excluding tert-OH is 1. The maximum absolute atomic E-state index is 14.1. The SMILES string of the molecule is CCCCc1ccc(-c2ccc(C(=O)NCCC(=O)N[C@@H](CCCCN)C(=O)N[C@H](C(=O)N[C@@H](C)C(=O)N[C@@H](CC(N)=O)C(=O)N3CCC[C@H]3B3OC4C[C@@H]5C[C@@H](C5(C)C)[C@]4(C)O3)C(C)O)cc2)cc1. The van der Waals surface area contributed by atoms with E-state index in [2.05, 4.69) is 78.5 Å². The van der Waals surface area contributed by atoms with Crippen molar-refractivity contribution in [2.45, 2.75) is 167 Å². The summed E-state index contributed by atoms with van der Waals surface area (Å²) in [4.78, 5) is 95.0. The number of benzene rings is 2. The Morgan fingerprint density at radius 1 is 0.857 bits per heavy atom. The van der Waals surface area contributed by atoms with E-state index in [4.69, 9.17) is 20.8 Å². The molecule has 2 aromatic carbocycles. The lowest BCUT2D eigenvalue weighted by molar-refractivity contribution is -0.199. The minimum Gasteiger partial charge on any atom is -0.404 e. The van der Waals surface area contributed by atoms with Crippen molar-refractivity contribution in [3.8, 4) is 11.1 Å². The van der Waals surface area contributed by atoms with Crippen LogP contribution in [0.15, 0.2) is 48.5 Å². The third-order valence-corrected chi connectivity index (χ3v) is 15.2. The van der Waals surface area contributed by atoms with Gasteiger partial charge in [0.1, 0.15) is 24.2 Å². The molecule has 382 valence electrons. The molecule has 0 spiro atoms. The number of rotatable bonds is 24. The van der Waals surface area contributed by atoms with Gasteiger partial charge in [0.05, 0.1) is 30.2 Å². The molecule has 70 heavy (non-hydrogen) atoms. The third kappa shape index (κ3) is 12.7. The highest BCUT2D eigenvalue weighted by Gasteiger charge is 2.69. The zero-order valence-corrected chi connectivity index (χ0v) is 41.7. The molecule has 0 aromatic heterocycles. The number of amides is 7. The van der Waals surface area contributed by atoms with Gasteiger partial charge in [0.15, 0.2) is 0 Å². The molecule has 2 unspecified atom stereocenters. The number of primary amides is 1. The number of unbranched alkanes of at least 4 members (excludes halogenated alkanes) is 2. The van der Waals surface area contributed by atoms with E-state index in [1.165, 1.54) is 19.4 Å². The van der Waals surface area contributed by atoms with Crippen molar-refractivity contribution in [3.63, 3.8) is 0 Å². The molecule has 5 fully saturated rings. The molecule has 19 heteroatoms. The van der Waals surface area contributed by atoms with Crippen molar-refractivity contribution in [2.24, 2.45) is 28.7 Å². The van der Waals surface area contributed by atoms with E-state index in [9.17, 15) is 38.7 Å². The van der Waals surface area contributed by atoms with Gasteiger partial charge in [-0.1, -0.05) is 63.6 Å². The number of likely N-dealkylation sites (tertiary alicyclic amines) is 1. The lowest BCUT2D eigenvalue weighted by Crippen LogP contribution is -2.65. The predicted octanol–water partition coefficient (Wildman–Crippen LogP) is 2.42. The average molecular weight is 971 g/mol. The second-order valence-electron chi connectivity index (χ2n) is 20.6. The Morgan fingerprint density at radius 3 is 2.17 bits per heavy atom. The maximum atomic E-state index is 14.1. The van der Waals surface area contributed by atoms with E-state index in [0.717, 1.165) is 43.2 Å². The fraction of sp³-hybridized carbons (Fsp3) is 0.627. The Kier molecular flexibility index (Phi) is 18.3. The average Bonchev–Trinajstić information content (AvgIpc) is 3.96. The molecule has 0 radical (unpaired) electrons. The molecule has 7 amide bonds. The van der Waals surface area contributed by atoms with E-state index >= 15 is 0 Å². The number of hydrogen-bond donors (Lipinski definition) is 8. The van der Waals surface area contributed by atoms with Crippen molar-refractivity contribution in [3.05, 3.63) is 59.7 Å². The van der Waals surface area contributed by atoms with Gasteiger partial charge in [-0.15, -0.1) is 0 Å². The van der Waals surface area contributed by atoms with Crippen LogP contribution < -0.4 is 38.1 Å². The van der Waals surface area contributed by atoms with Crippen LogP contribution in [0.3, 0.4) is 0 Å². The maximum Gasteiger partial charge on any atom is 0.481 e. The smallest absolute Gasteiger partial charge is 0.404 e. The fourth-order valence-corrected chi connectivity index (χ4v) is 10.8. The van der Waals surface area contributed by atoms with Crippen molar-refractivity contribution in [1.82, 2.24) is 31.5 Å². The number of aryl methyl sites for hydroxylation is 1. The fourth-order valence-electron chi connectivity index (χ4n) is 10.8. The second-order valence-corrected chi connectivity index (χ2v) is 20.6. The molecule has 2 aromatic rings. The monoisotopic (exact) mass is 971 g/mol. The zero-order valence-electron chi connectivity index (χ0n) is 41.7. The molecule has 18 nitrogen and oxygen atoms in total. The highest BCUT2D eigenvalue weighted by atomic mass is 16.7. The zero-order chi connectivity index (χ0) is 50.9. The van der Waals surface area contributed by atoms with Gasteiger partial charge in [-0.05, 0) is 131 Å². The summed E-state index contributed by atoms with van der Waals surface area (Å²) in [6.45, 7) is 12.1. The molecule has 2 saturated heterocycles. The molecule has 7 rings (SSSR count). The van der Waals surface area contributed by atoms with Crippen molar-refractivity contribution < 1.29 is 48.0 Å². The number of nitrogens with zero attached hydrogens (tertiary/aromatic N) is 1. The van der Waals surface area contributed by atoms with Gasteiger partial charge in [-0.3, -0.25) is 33.6 Å². The van der Waals surface area contributed by atoms with Crippen molar-refractivity contribution >= 4 is 48.5 Å². The Hall–Kier alpha value is -5.37. The van der Waals surface area contributed by atoms with Crippen molar-refractivity contribution in [1.29, 1.82) is 0 Å². The first-order valence-corrected chi connectivity index (χ1v) is 25.3. The summed E-state index contributed by atoms with van der Waals surface area (Å²) < 4.78 is 13.2. The van der Waals surface area contributed by atoms with Gasteiger partial charge in [-0.2, -0.15) is 0 Å². The van der Waals surface area contributed by atoms with E-state index in [1.54, 1.807) is 17.0 Å². The second kappa shape index (κ2) is 23.7. The molecule has 10 atom stereocenters. The van der Waals surface area contributed by atoms with Crippen LogP contribution >= 0.6 is 0 Å². The quantitative estimate of drug-likeness (QED) is 0.0559. The Bertz CT molecular complexity index is 2190. The Morgan fingerprint density at radius 2 is 1.54 bits per heavy atom. The summed E-state index contributed by atoms with van der Waals surface area (Å²) in [5, 5.41) is 23.7. The highest BCUT2D eigenvalue weighted by Crippen LogP contribution is 2.66. The molecule has 3 aliphatic carbocycles. The van der Waals surface area contributed by atoms with Crippen LogP contribution in [-0.4, -0.2) is 126 Å². The minimum absolute atomic E-state index is 0.0193. The van der Waals surface area contributed by atoms with Gasteiger partial charge in [0.2, 0.25) is 35.4 Å². The van der Waals surface area contributed by atoms with Gasteiger partial charge < -0.3 is 57.4 Å². The van der Waals surface area contributed by atoms with Gasteiger partial charge in [0.25, 0.3) is 5.91 Å². The lowest BCUT2D eigenvalue weighted by atomic mass is 9.43. The minimum atomic E-state index is -1.56. The summed E-state index contributed by atoms with van der Waals surface area (Å²) in [7, 11) is -0.673. The Balaban J connectivity index is 0.996. The number of hydrogen-bond acceptors (Lipinski definition) is 11. The van der Waals surface area contributed by atoms with Crippen LogP contribution in [0.1, 0.15) is 128 Å². The normalized spacial score (nSPS) is 24.2. The molecule has 3 saturated carbocycles. The largest absolute Gasteiger partial charge is 0.481 e. The molecule has 2 aliphatic heterocycles. The van der Waals surface area contributed by atoms with Crippen LogP contribution in [0.5, 0.6) is 0 Å². The molecule has 2 bridgehead atoms. The van der Waals surface area contributed by atoms with E-state index < -0.39 is 90.8 Å². The van der Waals surface area contributed by atoms with E-state index in [-0.39, 0.29) is 36.8 Å². The number of nitrogens with one attached hydrogen (secondary N) is 5. The van der Waals surface area contributed by atoms with Crippen LogP contribution in [0.4, 0.5) is 0 Å². The van der Waals surface area contributed by atoms with Crippen LogP contribution in [0.25, 0.3) is 11.1 Å². The van der Waals surface area contributed by atoms with E-state index in [0.29, 0.717) is 56.2 Å². The summed E-state index contributed by atoms with van der Waals surface area (Å²) in [6, 6.07) is 10.2. The lowest BCUT2D eigenvalue weighted by Gasteiger charge is -2.64. The molecule has 10 N–H and O–H groups in total.